The summed E-state index contributed by atoms with van der Waals surface area (Å²) in [6.45, 7) is 0. The minimum absolute atomic E-state index is 0.217. The molecule has 2 aromatic rings. The molecular formula is C14H7Cl4N. The largest absolute Gasteiger partial charge is 0.198 e. The van der Waals surface area contributed by atoms with Crippen LogP contribution in [0.25, 0.3) is 11.1 Å². The first kappa shape index (κ1) is 14.5. The van der Waals surface area contributed by atoms with Crippen LogP contribution in [-0.4, -0.2) is 0 Å². The van der Waals surface area contributed by atoms with Crippen LogP contribution in [0.3, 0.4) is 0 Å². The lowest BCUT2D eigenvalue weighted by molar-refractivity contribution is 1.26. The van der Waals surface area contributed by atoms with Gasteiger partial charge >= 0.3 is 0 Å². The average molecular weight is 331 g/mol. The number of benzene rings is 2. The second kappa shape index (κ2) is 6.03. The normalized spacial score (nSPS) is 10.3. The Bertz CT molecular complexity index is 674. The van der Waals surface area contributed by atoms with Crippen molar-refractivity contribution >= 4 is 46.4 Å². The van der Waals surface area contributed by atoms with Crippen molar-refractivity contribution in [1.29, 1.82) is 5.26 Å². The fraction of sp³-hybridized carbons (Fsp3) is 0.0714. The minimum Gasteiger partial charge on any atom is -0.198 e. The Morgan fingerprint density at radius 2 is 1.63 bits per heavy atom. The van der Waals surface area contributed by atoms with Gasteiger partial charge in [-0.1, -0.05) is 52.5 Å². The molecule has 0 aromatic heterocycles. The third kappa shape index (κ3) is 2.99. The summed E-state index contributed by atoms with van der Waals surface area (Å²) >= 11 is 24.4. The first-order valence-electron chi connectivity index (χ1n) is 5.34. The summed E-state index contributed by atoms with van der Waals surface area (Å²) in [6, 6.07) is 10.7. The Morgan fingerprint density at radius 3 is 2.32 bits per heavy atom. The molecule has 0 N–H and O–H groups in total. The van der Waals surface area contributed by atoms with E-state index in [1.165, 1.54) is 0 Å². The number of hydrogen-bond donors (Lipinski definition) is 0. The van der Waals surface area contributed by atoms with Crippen LogP contribution in [0.15, 0.2) is 30.3 Å². The summed E-state index contributed by atoms with van der Waals surface area (Å²) < 4.78 is 0. The van der Waals surface area contributed by atoms with Crippen LogP contribution in [0, 0.1) is 11.3 Å². The molecule has 0 radical (unpaired) electrons. The predicted molar refractivity (Wildman–Crippen MR) is 81.2 cm³/mol. The SMILES string of the molecule is N#CCc1cc(Cl)ccc1-c1c(Cl)ccc(Cl)c1Cl. The van der Waals surface area contributed by atoms with Crippen LogP contribution in [0.1, 0.15) is 5.56 Å². The molecule has 0 unspecified atom stereocenters. The van der Waals surface area contributed by atoms with Gasteiger partial charge in [0.1, 0.15) is 0 Å². The summed E-state index contributed by atoms with van der Waals surface area (Å²) in [7, 11) is 0. The van der Waals surface area contributed by atoms with E-state index >= 15 is 0 Å². The Balaban J connectivity index is 2.72. The lowest BCUT2D eigenvalue weighted by atomic mass is 9.98. The van der Waals surface area contributed by atoms with Crippen LogP contribution in [0.4, 0.5) is 0 Å². The van der Waals surface area contributed by atoms with E-state index in [9.17, 15) is 0 Å². The molecule has 2 aromatic carbocycles. The highest BCUT2D eigenvalue weighted by Gasteiger charge is 2.15. The van der Waals surface area contributed by atoms with E-state index in [-0.39, 0.29) is 6.42 Å². The van der Waals surface area contributed by atoms with Crippen molar-refractivity contribution in [2.24, 2.45) is 0 Å². The molecule has 0 amide bonds. The molecule has 0 saturated heterocycles. The molecule has 0 fully saturated rings. The molecule has 0 atom stereocenters. The van der Waals surface area contributed by atoms with Gasteiger partial charge in [-0.3, -0.25) is 0 Å². The van der Waals surface area contributed by atoms with Crippen LogP contribution in [-0.2, 0) is 6.42 Å². The minimum atomic E-state index is 0.217. The van der Waals surface area contributed by atoms with Crippen LogP contribution in [0.2, 0.25) is 20.1 Å². The van der Waals surface area contributed by atoms with Crippen molar-refractivity contribution in [3.05, 3.63) is 56.0 Å². The van der Waals surface area contributed by atoms with E-state index in [4.69, 9.17) is 51.7 Å². The highest BCUT2D eigenvalue weighted by atomic mass is 35.5. The van der Waals surface area contributed by atoms with Gasteiger partial charge in [0.25, 0.3) is 0 Å². The van der Waals surface area contributed by atoms with Gasteiger partial charge in [0, 0.05) is 10.6 Å². The molecule has 0 saturated carbocycles. The van der Waals surface area contributed by atoms with Gasteiger partial charge in [0.15, 0.2) is 0 Å². The summed E-state index contributed by atoms with van der Waals surface area (Å²) in [5.74, 6) is 0. The standard InChI is InChI=1S/C14H7Cl4N/c15-9-1-2-10(8(7-9)5-6-19)13-11(16)3-4-12(17)14(13)18/h1-4,7H,5H2. The van der Waals surface area contributed by atoms with Crippen molar-refractivity contribution in [3.63, 3.8) is 0 Å². The fourth-order valence-corrected chi connectivity index (χ4v) is 2.74. The molecule has 0 spiro atoms. The summed E-state index contributed by atoms with van der Waals surface area (Å²) in [6.07, 6.45) is 0.217. The molecular weight excluding hydrogens is 324 g/mol. The van der Waals surface area contributed by atoms with Crippen molar-refractivity contribution in [2.45, 2.75) is 6.42 Å². The summed E-state index contributed by atoms with van der Waals surface area (Å²) in [5, 5.41) is 10.7. The van der Waals surface area contributed by atoms with Crippen molar-refractivity contribution in [3.8, 4) is 17.2 Å². The van der Waals surface area contributed by atoms with Crippen LogP contribution >= 0.6 is 46.4 Å². The van der Waals surface area contributed by atoms with Crippen molar-refractivity contribution < 1.29 is 0 Å². The molecule has 0 aliphatic heterocycles. The molecule has 0 aliphatic carbocycles. The molecule has 0 bridgehead atoms. The average Bonchev–Trinajstić information content (AvgIpc) is 2.37. The maximum atomic E-state index is 8.89. The first-order valence-corrected chi connectivity index (χ1v) is 6.85. The zero-order chi connectivity index (χ0) is 14.0. The zero-order valence-corrected chi connectivity index (χ0v) is 12.6. The van der Waals surface area contributed by atoms with Gasteiger partial charge in [-0.25, -0.2) is 0 Å². The Kier molecular flexibility index (Phi) is 4.60. The quantitative estimate of drug-likeness (QED) is 0.616. The fourth-order valence-electron chi connectivity index (χ4n) is 1.81. The summed E-state index contributed by atoms with van der Waals surface area (Å²) in [4.78, 5) is 0. The van der Waals surface area contributed by atoms with E-state index in [2.05, 4.69) is 6.07 Å². The second-order valence-electron chi connectivity index (χ2n) is 3.85. The monoisotopic (exact) mass is 329 g/mol. The third-order valence-electron chi connectivity index (χ3n) is 2.65. The topological polar surface area (TPSA) is 23.8 Å². The molecule has 1 nitrogen and oxygen atoms in total. The van der Waals surface area contributed by atoms with Gasteiger partial charge in [0.2, 0.25) is 0 Å². The highest BCUT2D eigenvalue weighted by molar-refractivity contribution is 6.46. The maximum Gasteiger partial charge on any atom is 0.0685 e. The molecule has 0 aliphatic rings. The molecule has 5 heteroatoms. The molecule has 0 heterocycles. The molecule has 19 heavy (non-hydrogen) atoms. The third-order valence-corrected chi connectivity index (χ3v) is 4.00. The van der Waals surface area contributed by atoms with Gasteiger partial charge in [0.05, 0.1) is 27.6 Å². The predicted octanol–water partition coefficient (Wildman–Crippen LogP) is 6.03. The number of nitrogens with zero attached hydrogens (tertiary/aromatic N) is 1. The van der Waals surface area contributed by atoms with Gasteiger partial charge < -0.3 is 0 Å². The number of nitriles is 1. The van der Waals surface area contributed by atoms with Gasteiger partial charge in [-0.2, -0.15) is 5.26 Å². The van der Waals surface area contributed by atoms with E-state index in [1.54, 1.807) is 30.3 Å². The lowest BCUT2D eigenvalue weighted by Gasteiger charge is -2.12. The number of halogens is 4. The Morgan fingerprint density at radius 1 is 0.947 bits per heavy atom. The van der Waals surface area contributed by atoms with Crippen LogP contribution in [0.5, 0.6) is 0 Å². The van der Waals surface area contributed by atoms with E-state index in [0.717, 1.165) is 11.1 Å². The molecule has 2 rings (SSSR count). The smallest absolute Gasteiger partial charge is 0.0685 e. The molecule has 96 valence electrons. The second-order valence-corrected chi connectivity index (χ2v) is 5.48. The number of hydrogen-bond acceptors (Lipinski definition) is 1. The van der Waals surface area contributed by atoms with E-state index < -0.39 is 0 Å². The van der Waals surface area contributed by atoms with E-state index in [0.29, 0.717) is 25.7 Å². The van der Waals surface area contributed by atoms with Gasteiger partial charge in [-0.15, -0.1) is 0 Å². The van der Waals surface area contributed by atoms with Gasteiger partial charge in [-0.05, 0) is 35.4 Å². The highest BCUT2D eigenvalue weighted by Crippen LogP contribution is 2.41. The van der Waals surface area contributed by atoms with Crippen LogP contribution < -0.4 is 0 Å². The Hall–Kier alpha value is -0.910. The van der Waals surface area contributed by atoms with E-state index in [1.807, 2.05) is 0 Å². The van der Waals surface area contributed by atoms with Crippen molar-refractivity contribution in [1.82, 2.24) is 0 Å². The Labute approximate surface area is 131 Å². The zero-order valence-electron chi connectivity index (χ0n) is 9.55. The number of rotatable bonds is 2. The van der Waals surface area contributed by atoms with Crippen molar-refractivity contribution in [2.75, 3.05) is 0 Å². The first-order chi connectivity index (χ1) is 9.04. The lowest BCUT2D eigenvalue weighted by Crippen LogP contribution is -1.91. The maximum absolute atomic E-state index is 8.89. The summed E-state index contributed by atoms with van der Waals surface area (Å²) in [5.41, 5.74) is 2.15.